The van der Waals surface area contributed by atoms with Crippen molar-refractivity contribution >= 4 is 39.9 Å². The predicted molar refractivity (Wildman–Crippen MR) is 129 cm³/mol. The van der Waals surface area contributed by atoms with Gasteiger partial charge in [-0.3, -0.25) is 9.78 Å². The van der Waals surface area contributed by atoms with Gasteiger partial charge in [0.15, 0.2) is 0 Å². The molecule has 0 fully saturated rings. The van der Waals surface area contributed by atoms with Gasteiger partial charge in [-0.1, -0.05) is 42.5 Å². The van der Waals surface area contributed by atoms with Crippen LogP contribution in [0.1, 0.15) is 16.8 Å². The third-order valence-corrected chi connectivity index (χ3v) is 5.26. The lowest BCUT2D eigenvalue weighted by Gasteiger charge is -2.13. The number of urea groups is 1. The number of amides is 3. The van der Waals surface area contributed by atoms with E-state index >= 15 is 0 Å². The van der Waals surface area contributed by atoms with E-state index < -0.39 is 0 Å². The first-order chi connectivity index (χ1) is 15.5. The number of benzene rings is 3. The van der Waals surface area contributed by atoms with E-state index in [1.807, 2.05) is 68.4 Å². The molecule has 0 saturated heterocycles. The van der Waals surface area contributed by atoms with Crippen LogP contribution in [0.3, 0.4) is 0 Å². The van der Waals surface area contributed by atoms with Gasteiger partial charge < -0.3 is 16.0 Å². The highest BCUT2D eigenvalue weighted by molar-refractivity contribution is 6.00. The second-order valence-electron chi connectivity index (χ2n) is 7.57. The Morgan fingerprint density at radius 3 is 2.16 bits per heavy atom. The summed E-state index contributed by atoms with van der Waals surface area (Å²) in [7, 11) is 0. The van der Waals surface area contributed by atoms with Crippen molar-refractivity contribution < 1.29 is 9.59 Å². The van der Waals surface area contributed by atoms with E-state index in [4.69, 9.17) is 0 Å². The highest BCUT2D eigenvalue weighted by atomic mass is 16.2. The molecule has 32 heavy (non-hydrogen) atoms. The van der Waals surface area contributed by atoms with Gasteiger partial charge in [0.05, 0.1) is 11.9 Å². The summed E-state index contributed by atoms with van der Waals surface area (Å²) in [5.41, 5.74) is 5.66. The molecule has 3 amide bonds. The maximum Gasteiger partial charge on any atom is 0.323 e. The Morgan fingerprint density at radius 2 is 1.38 bits per heavy atom. The van der Waals surface area contributed by atoms with Crippen LogP contribution in [0.2, 0.25) is 0 Å². The topological polar surface area (TPSA) is 83.1 Å². The minimum atomic E-state index is -0.354. The molecule has 0 aliphatic carbocycles. The molecule has 0 unspecified atom stereocenters. The maximum absolute atomic E-state index is 12.8. The number of hydrogen-bond acceptors (Lipinski definition) is 3. The molecule has 0 spiro atoms. The first kappa shape index (κ1) is 21.1. The fraction of sp³-hybridized carbons (Fsp3) is 0.115. The van der Waals surface area contributed by atoms with Crippen LogP contribution < -0.4 is 16.0 Å². The van der Waals surface area contributed by atoms with Crippen molar-refractivity contribution in [1.29, 1.82) is 0 Å². The zero-order valence-electron chi connectivity index (χ0n) is 18.0. The molecule has 6 heteroatoms. The lowest BCUT2D eigenvalue weighted by atomic mass is 9.99. The molecule has 0 saturated carbocycles. The van der Waals surface area contributed by atoms with E-state index in [9.17, 15) is 9.59 Å². The molecule has 1 aromatic heterocycles. The number of nitrogens with one attached hydrogen (secondary N) is 3. The molecule has 0 aliphatic heterocycles. The summed E-state index contributed by atoms with van der Waals surface area (Å²) >= 11 is 0. The first-order valence-electron chi connectivity index (χ1n) is 10.4. The fourth-order valence-electron chi connectivity index (χ4n) is 3.69. The molecule has 1 heterocycles. The van der Waals surface area contributed by atoms with Gasteiger partial charge >= 0.3 is 6.03 Å². The summed E-state index contributed by atoms with van der Waals surface area (Å²) in [5, 5.41) is 9.52. The molecule has 3 N–H and O–H groups in total. The monoisotopic (exact) mass is 424 g/mol. The van der Waals surface area contributed by atoms with Crippen molar-refractivity contribution in [3.63, 3.8) is 0 Å². The number of rotatable bonds is 5. The second-order valence-corrected chi connectivity index (χ2v) is 7.57. The van der Waals surface area contributed by atoms with Crippen LogP contribution in [0.4, 0.5) is 21.9 Å². The SMILES string of the molecule is Cc1nc2ccccc2c(C)c1CC(=O)Nc1cccc(NC(=O)Nc2ccccc2)c1. The number of aromatic nitrogens is 1. The van der Waals surface area contributed by atoms with Crippen molar-refractivity contribution in [3.8, 4) is 0 Å². The van der Waals surface area contributed by atoms with Crippen LogP contribution >= 0.6 is 0 Å². The zero-order chi connectivity index (χ0) is 22.5. The third kappa shape index (κ3) is 4.92. The second kappa shape index (κ2) is 9.31. The number of fused-ring (bicyclic) bond motifs is 1. The molecule has 0 bridgehead atoms. The summed E-state index contributed by atoms with van der Waals surface area (Å²) < 4.78 is 0. The summed E-state index contributed by atoms with van der Waals surface area (Å²) in [6.07, 6.45) is 0.224. The number of carbonyl (C=O) groups is 2. The molecule has 4 aromatic rings. The number of para-hydroxylation sites is 2. The van der Waals surface area contributed by atoms with Crippen LogP contribution in [0.25, 0.3) is 10.9 Å². The average Bonchev–Trinajstić information content (AvgIpc) is 2.77. The predicted octanol–water partition coefficient (Wildman–Crippen LogP) is 5.68. The Balaban J connectivity index is 1.43. The zero-order valence-corrected chi connectivity index (χ0v) is 18.0. The van der Waals surface area contributed by atoms with E-state index in [1.54, 1.807) is 24.3 Å². The van der Waals surface area contributed by atoms with E-state index in [0.717, 1.165) is 27.7 Å². The summed E-state index contributed by atoms with van der Waals surface area (Å²) in [6.45, 7) is 3.95. The van der Waals surface area contributed by atoms with Crippen molar-refractivity contribution in [3.05, 3.63) is 95.7 Å². The molecule has 0 aliphatic rings. The van der Waals surface area contributed by atoms with Crippen LogP contribution in [0.15, 0.2) is 78.9 Å². The molecule has 3 aromatic carbocycles. The largest absolute Gasteiger partial charge is 0.326 e. The fourth-order valence-corrected chi connectivity index (χ4v) is 3.69. The normalized spacial score (nSPS) is 10.6. The van der Waals surface area contributed by atoms with Crippen molar-refractivity contribution in [2.75, 3.05) is 16.0 Å². The van der Waals surface area contributed by atoms with Gasteiger partial charge in [0.25, 0.3) is 0 Å². The maximum atomic E-state index is 12.8. The van der Waals surface area contributed by atoms with Gasteiger partial charge in [-0.05, 0) is 61.4 Å². The molecule has 6 nitrogen and oxygen atoms in total. The minimum Gasteiger partial charge on any atom is -0.326 e. The highest BCUT2D eigenvalue weighted by Crippen LogP contribution is 2.23. The van der Waals surface area contributed by atoms with Crippen molar-refractivity contribution in [2.45, 2.75) is 20.3 Å². The van der Waals surface area contributed by atoms with Crippen LogP contribution in [0.5, 0.6) is 0 Å². The number of carbonyl (C=O) groups excluding carboxylic acids is 2. The van der Waals surface area contributed by atoms with Gasteiger partial charge in [-0.25, -0.2) is 4.79 Å². The Labute approximate surface area is 186 Å². The third-order valence-electron chi connectivity index (χ3n) is 5.26. The molecule has 0 radical (unpaired) electrons. The lowest BCUT2D eigenvalue weighted by Crippen LogP contribution is -2.20. The van der Waals surface area contributed by atoms with E-state index in [-0.39, 0.29) is 18.4 Å². The van der Waals surface area contributed by atoms with Gasteiger partial charge in [-0.2, -0.15) is 0 Å². The van der Waals surface area contributed by atoms with Gasteiger partial charge in [0.1, 0.15) is 0 Å². The Morgan fingerprint density at radius 1 is 0.750 bits per heavy atom. The van der Waals surface area contributed by atoms with Crippen LogP contribution in [0, 0.1) is 13.8 Å². The number of anilines is 3. The Hall–Kier alpha value is -4.19. The molecule has 4 rings (SSSR count). The number of pyridine rings is 1. The van der Waals surface area contributed by atoms with Crippen molar-refractivity contribution in [1.82, 2.24) is 4.98 Å². The van der Waals surface area contributed by atoms with E-state index in [0.29, 0.717) is 17.1 Å². The minimum absolute atomic E-state index is 0.140. The van der Waals surface area contributed by atoms with E-state index in [1.165, 1.54) is 0 Å². The van der Waals surface area contributed by atoms with Crippen molar-refractivity contribution in [2.24, 2.45) is 0 Å². The quantitative estimate of drug-likeness (QED) is 0.386. The van der Waals surface area contributed by atoms with Gasteiger partial charge in [0.2, 0.25) is 5.91 Å². The molecular formula is C26H24N4O2. The smallest absolute Gasteiger partial charge is 0.323 e. The number of aryl methyl sites for hydroxylation is 2. The Bertz CT molecular complexity index is 1290. The molecule has 160 valence electrons. The van der Waals surface area contributed by atoms with Gasteiger partial charge in [0, 0.05) is 28.1 Å². The summed E-state index contributed by atoms with van der Waals surface area (Å²) in [4.78, 5) is 29.6. The highest BCUT2D eigenvalue weighted by Gasteiger charge is 2.13. The lowest BCUT2D eigenvalue weighted by molar-refractivity contribution is -0.115. The average molecular weight is 425 g/mol. The van der Waals surface area contributed by atoms with Crippen LogP contribution in [-0.2, 0) is 11.2 Å². The first-order valence-corrected chi connectivity index (χ1v) is 10.4. The summed E-state index contributed by atoms with van der Waals surface area (Å²) in [5.74, 6) is -0.140. The van der Waals surface area contributed by atoms with Crippen LogP contribution in [-0.4, -0.2) is 16.9 Å². The number of nitrogens with zero attached hydrogens (tertiary/aromatic N) is 1. The molecular weight excluding hydrogens is 400 g/mol. The van der Waals surface area contributed by atoms with Gasteiger partial charge in [-0.15, -0.1) is 0 Å². The number of hydrogen-bond donors (Lipinski definition) is 3. The molecule has 0 atom stereocenters. The summed E-state index contributed by atoms with van der Waals surface area (Å²) in [6, 6.07) is 23.8. The van der Waals surface area contributed by atoms with E-state index in [2.05, 4.69) is 20.9 Å². The Kier molecular flexibility index (Phi) is 6.12. The standard InChI is InChI=1S/C26H24N4O2/c1-17-22-13-6-7-14-24(22)27-18(2)23(17)16-25(31)28-20-11-8-12-21(15-20)30-26(32)29-19-9-4-3-5-10-19/h3-15H,16H2,1-2H3,(H,28,31)(H2,29,30,32).